The molecule has 358 valence electrons. The van der Waals surface area contributed by atoms with Crippen molar-refractivity contribution in [2.45, 2.75) is 238 Å². The van der Waals surface area contributed by atoms with E-state index >= 15 is 0 Å². The molecule has 0 aromatic rings. The largest absolute Gasteiger partial charge is 0.472 e. The second kappa shape index (κ2) is 43.7. The van der Waals surface area contributed by atoms with Crippen LogP contribution in [0.3, 0.4) is 0 Å². The van der Waals surface area contributed by atoms with Gasteiger partial charge >= 0.3 is 7.82 Å². The number of phosphoric acid groups is 1. The number of nitrogens with one attached hydrogen (secondary N) is 1. The number of phosphoric ester groups is 1. The highest BCUT2D eigenvalue weighted by Crippen LogP contribution is 2.43. The summed E-state index contributed by atoms with van der Waals surface area (Å²) in [6, 6.07) is -0.764. The number of amides is 1. The summed E-state index contributed by atoms with van der Waals surface area (Å²) in [5.74, 6) is -0.149. The molecule has 0 saturated carbocycles. The van der Waals surface area contributed by atoms with Gasteiger partial charge in [-0.15, -0.1) is 0 Å². The summed E-state index contributed by atoms with van der Waals surface area (Å²) >= 11 is 0. The molecule has 0 bridgehead atoms. The van der Waals surface area contributed by atoms with Crippen molar-refractivity contribution in [3.63, 3.8) is 0 Å². The second-order valence-electron chi connectivity index (χ2n) is 18.5. The maximum atomic E-state index is 13.0. The van der Waals surface area contributed by atoms with Gasteiger partial charge in [-0.3, -0.25) is 13.8 Å². The monoisotopic (exact) mass is 880 g/mol. The van der Waals surface area contributed by atoms with Crippen molar-refractivity contribution in [2.75, 3.05) is 40.9 Å². The lowest BCUT2D eigenvalue weighted by Crippen LogP contribution is -2.46. The lowest BCUT2D eigenvalue weighted by molar-refractivity contribution is -0.870. The first-order chi connectivity index (χ1) is 29.5. The Morgan fingerprint density at radius 3 is 1.44 bits per heavy atom. The molecule has 0 aliphatic carbocycles. The lowest BCUT2D eigenvalue weighted by Gasteiger charge is -2.26. The van der Waals surface area contributed by atoms with Gasteiger partial charge in [0.2, 0.25) is 5.91 Å². The van der Waals surface area contributed by atoms with E-state index in [1.165, 1.54) is 135 Å². The van der Waals surface area contributed by atoms with Crippen LogP contribution >= 0.6 is 7.82 Å². The number of hydrogen-bond donors (Lipinski definition) is 3. The highest BCUT2D eigenvalue weighted by molar-refractivity contribution is 7.47. The van der Waals surface area contributed by atoms with Crippen molar-refractivity contribution in [3.05, 3.63) is 48.6 Å². The topological polar surface area (TPSA) is 105 Å². The Morgan fingerprint density at radius 1 is 0.574 bits per heavy atom. The van der Waals surface area contributed by atoms with E-state index < -0.39 is 20.0 Å². The van der Waals surface area contributed by atoms with E-state index in [9.17, 15) is 19.4 Å². The molecule has 0 aromatic carbocycles. The van der Waals surface area contributed by atoms with Gasteiger partial charge in [-0.1, -0.05) is 217 Å². The summed E-state index contributed by atoms with van der Waals surface area (Å²) in [4.78, 5) is 23.3. The zero-order valence-electron chi connectivity index (χ0n) is 40.7. The minimum atomic E-state index is -4.32. The Morgan fingerprint density at radius 2 is 0.984 bits per heavy atom. The standard InChI is InChI=1S/C52H99N2O6P/c1-6-8-10-12-14-16-18-20-22-24-25-26-27-28-29-30-32-34-36-38-40-42-44-46-52(56)53-50(49-60-61(57,58)59-48-47-54(3,4)5)51(55)45-43-41-39-37-35-33-31-23-21-19-17-15-13-11-9-7-2/h8,10,14,16,20,22,25-26,50-51,55H,6-7,9,11-13,15,17-19,21,23-24,27-49H2,1-5H3,(H-,53,56,57,58)/p+1/b10-8-,16-14-,22-20-,26-25-. The SMILES string of the molecule is CC/C=C\C/C=C\C/C=C\C/C=C\CCCCCCCCCCCCC(=O)NC(COP(=O)(O)OCC[N+](C)(C)C)C(O)CCCCCCCCCCCCCCCCCC. The zero-order chi connectivity index (χ0) is 45.0. The van der Waals surface area contributed by atoms with Gasteiger partial charge in [0.25, 0.3) is 0 Å². The molecule has 3 unspecified atom stereocenters. The van der Waals surface area contributed by atoms with Crippen molar-refractivity contribution in [1.82, 2.24) is 5.32 Å². The quantitative estimate of drug-likeness (QED) is 0.0243. The van der Waals surface area contributed by atoms with Crippen molar-refractivity contribution < 1.29 is 32.9 Å². The Kier molecular flexibility index (Phi) is 42.6. The molecule has 0 spiro atoms. The van der Waals surface area contributed by atoms with Crippen molar-refractivity contribution in [2.24, 2.45) is 0 Å². The van der Waals surface area contributed by atoms with Crippen LogP contribution in [0.15, 0.2) is 48.6 Å². The number of nitrogens with zero attached hydrogens (tertiary/aromatic N) is 1. The van der Waals surface area contributed by atoms with Crippen LogP contribution in [0, 0.1) is 0 Å². The molecule has 8 nitrogen and oxygen atoms in total. The lowest BCUT2D eigenvalue weighted by atomic mass is 10.0. The van der Waals surface area contributed by atoms with Gasteiger partial charge in [0.05, 0.1) is 39.9 Å². The minimum absolute atomic E-state index is 0.0727. The van der Waals surface area contributed by atoms with Crippen molar-refractivity contribution >= 4 is 13.7 Å². The zero-order valence-corrected chi connectivity index (χ0v) is 41.5. The van der Waals surface area contributed by atoms with E-state index in [0.29, 0.717) is 23.9 Å². The third-order valence-electron chi connectivity index (χ3n) is 11.3. The molecule has 9 heteroatoms. The fourth-order valence-corrected chi connectivity index (χ4v) is 8.07. The minimum Gasteiger partial charge on any atom is -0.391 e. The molecule has 1 amide bonds. The Hall–Kier alpha value is -1.54. The summed E-state index contributed by atoms with van der Waals surface area (Å²) in [7, 11) is 1.61. The van der Waals surface area contributed by atoms with Gasteiger partial charge in [0.15, 0.2) is 0 Å². The van der Waals surface area contributed by atoms with Crippen LogP contribution in [0.25, 0.3) is 0 Å². The van der Waals surface area contributed by atoms with Crippen molar-refractivity contribution in [1.29, 1.82) is 0 Å². The number of quaternary nitrogens is 1. The van der Waals surface area contributed by atoms with Gasteiger partial charge in [-0.25, -0.2) is 4.57 Å². The van der Waals surface area contributed by atoms with Gasteiger partial charge in [-0.2, -0.15) is 0 Å². The van der Waals surface area contributed by atoms with Gasteiger partial charge in [0.1, 0.15) is 13.2 Å². The summed E-state index contributed by atoms with van der Waals surface area (Å²) in [6.07, 6.45) is 55.7. The third kappa shape index (κ3) is 46.3. The molecule has 3 N–H and O–H groups in total. The van der Waals surface area contributed by atoms with E-state index in [1.54, 1.807) is 0 Å². The molecule has 61 heavy (non-hydrogen) atoms. The molecule has 0 aliphatic rings. The van der Waals surface area contributed by atoms with Crippen LogP contribution in [-0.4, -0.2) is 73.4 Å². The number of carbonyl (C=O) groups is 1. The first kappa shape index (κ1) is 59.5. The molecule has 0 aliphatic heterocycles. The Bertz CT molecular complexity index is 1130. The van der Waals surface area contributed by atoms with Crippen molar-refractivity contribution in [3.8, 4) is 0 Å². The van der Waals surface area contributed by atoms with Crippen LogP contribution in [-0.2, 0) is 18.4 Å². The number of aliphatic hydroxyl groups excluding tert-OH is 1. The van der Waals surface area contributed by atoms with Crippen LogP contribution in [0.2, 0.25) is 0 Å². The molecule has 0 rings (SSSR count). The fraction of sp³-hybridized carbons (Fsp3) is 0.827. The molecule has 3 atom stereocenters. The molecule has 0 heterocycles. The normalized spacial score (nSPS) is 14.5. The molecule has 0 radical (unpaired) electrons. The Labute approximate surface area is 378 Å². The highest BCUT2D eigenvalue weighted by Gasteiger charge is 2.28. The fourth-order valence-electron chi connectivity index (χ4n) is 7.33. The van der Waals surface area contributed by atoms with Crippen LogP contribution in [0.1, 0.15) is 226 Å². The first-order valence-electron chi connectivity index (χ1n) is 25.5. The van der Waals surface area contributed by atoms with Crippen LogP contribution < -0.4 is 5.32 Å². The Balaban J connectivity index is 4.25. The average Bonchev–Trinajstić information content (AvgIpc) is 3.21. The number of rotatable bonds is 46. The van der Waals surface area contributed by atoms with Crippen LogP contribution in [0.5, 0.6) is 0 Å². The summed E-state index contributed by atoms with van der Waals surface area (Å²) in [6.45, 7) is 4.78. The number of unbranched alkanes of at least 4 members (excludes halogenated alkanes) is 25. The number of likely N-dealkylation sites (N-methyl/N-ethyl adjacent to an activating group) is 1. The molecule has 0 fully saturated rings. The maximum absolute atomic E-state index is 13.0. The predicted molar refractivity (Wildman–Crippen MR) is 263 cm³/mol. The predicted octanol–water partition coefficient (Wildman–Crippen LogP) is 14.8. The molecular weight excluding hydrogens is 780 g/mol. The molecule has 0 saturated heterocycles. The maximum Gasteiger partial charge on any atom is 0.472 e. The van der Waals surface area contributed by atoms with Gasteiger partial charge in [-0.05, 0) is 51.4 Å². The van der Waals surface area contributed by atoms with E-state index in [1.807, 2.05) is 21.1 Å². The molecule has 0 aromatic heterocycles. The summed E-state index contributed by atoms with van der Waals surface area (Å²) in [5.41, 5.74) is 0. The average molecular weight is 880 g/mol. The highest BCUT2D eigenvalue weighted by atomic mass is 31.2. The smallest absolute Gasteiger partial charge is 0.391 e. The van der Waals surface area contributed by atoms with Gasteiger partial charge < -0.3 is 19.8 Å². The number of hydrogen-bond acceptors (Lipinski definition) is 5. The van der Waals surface area contributed by atoms with Gasteiger partial charge in [0, 0.05) is 6.42 Å². The van der Waals surface area contributed by atoms with Crippen LogP contribution in [0.4, 0.5) is 0 Å². The van der Waals surface area contributed by atoms with E-state index in [4.69, 9.17) is 9.05 Å². The van der Waals surface area contributed by atoms with E-state index in [0.717, 1.165) is 64.2 Å². The van der Waals surface area contributed by atoms with E-state index in [2.05, 4.69) is 67.8 Å². The van der Waals surface area contributed by atoms with E-state index in [-0.39, 0.29) is 19.1 Å². The second-order valence-corrected chi connectivity index (χ2v) is 20.0. The third-order valence-corrected chi connectivity index (χ3v) is 12.3. The number of allylic oxidation sites excluding steroid dienone is 8. The summed E-state index contributed by atoms with van der Waals surface area (Å²) in [5, 5.41) is 14.0. The summed E-state index contributed by atoms with van der Waals surface area (Å²) < 4.78 is 23.7. The number of carbonyl (C=O) groups excluding carboxylic acids is 1. The first-order valence-corrected chi connectivity index (χ1v) is 27.0. The number of aliphatic hydroxyl groups is 1. The molecular formula is C52H100N2O6P+.